The summed E-state index contributed by atoms with van der Waals surface area (Å²) in [6, 6.07) is 28.5. The summed E-state index contributed by atoms with van der Waals surface area (Å²) in [4.78, 5) is 7.59. The predicted octanol–water partition coefficient (Wildman–Crippen LogP) is 9.05. The number of rotatable bonds is 10. The maximum Gasteiger partial charge on any atom is 0.0936 e. The van der Waals surface area contributed by atoms with Crippen LogP contribution in [0.25, 0.3) is 0 Å². The van der Waals surface area contributed by atoms with Crippen LogP contribution in [0.1, 0.15) is 113 Å². The fraction of sp³-hybridized carbons (Fsp3) is 0.633. The lowest BCUT2D eigenvalue weighted by atomic mass is 9.83. The van der Waals surface area contributed by atoms with Crippen molar-refractivity contribution in [3.05, 3.63) is 107 Å². The lowest BCUT2D eigenvalue weighted by Crippen LogP contribution is -2.41. The van der Waals surface area contributed by atoms with Crippen molar-refractivity contribution in [2.45, 2.75) is 120 Å². The Bertz CT molecular complexity index is 1590. The Morgan fingerprint density at radius 1 is 0.464 bits per heavy atom. The molecule has 0 aromatic heterocycles. The van der Waals surface area contributed by atoms with Crippen molar-refractivity contribution < 1.29 is 15.3 Å². The Labute approximate surface area is 343 Å². The van der Waals surface area contributed by atoms with E-state index in [0.717, 1.165) is 80.7 Å². The van der Waals surface area contributed by atoms with Crippen molar-refractivity contribution in [1.82, 2.24) is 14.7 Å². The molecular weight excluding hydrogens is 714 g/mol. The van der Waals surface area contributed by atoms with Gasteiger partial charge in [0.15, 0.2) is 0 Å². The molecule has 3 heterocycles. The van der Waals surface area contributed by atoms with Crippen LogP contribution in [-0.4, -0.2) is 94.5 Å². The molecular formula is C49H70ClN3O3. The first kappa shape index (κ1) is 41.9. The van der Waals surface area contributed by atoms with Gasteiger partial charge in [0.2, 0.25) is 0 Å². The van der Waals surface area contributed by atoms with Gasteiger partial charge < -0.3 is 30.0 Å². The minimum absolute atomic E-state index is 0.367. The number of aliphatic hydroxyl groups is 3. The topological polar surface area (TPSA) is 70.4 Å². The van der Waals surface area contributed by atoms with Crippen LogP contribution in [0, 0.1) is 17.8 Å². The molecule has 3 aliphatic heterocycles. The van der Waals surface area contributed by atoms with Crippen molar-refractivity contribution in [1.29, 1.82) is 0 Å². The molecule has 0 amide bonds. The number of hydrogen-bond acceptors (Lipinski definition) is 6. The summed E-state index contributed by atoms with van der Waals surface area (Å²) in [5, 5.41) is 33.9. The lowest BCUT2D eigenvalue weighted by Gasteiger charge is -2.33. The van der Waals surface area contributed by atoms with Gasteiger partial charge in [0, 0.05) is 48.8 Å². The third kappa shape index (κ3) is 10.5. The minimum Gasteiger partial charge on any atom is -0.389 e. The number of benzene rings is 3. The molecule has 3 saturated carbocycles. The van der Waals surface area contributed by atoms with E-state index in [-0.39, 0.29) is 0 Å². The molecule has 3 aliphatic carbocycles. The summed E-state index contributed by atoms with van der Waals surface area (Å²) in [7, 11) is 0. The number of likely N-dealkylation sites (tertiary alicyclic amines) is 3. The zero-order chi connectivity index (χ0) is 38.9. The highest BCUT2D eigenvalue weighted by Gasteiger charge is 2.45. The highest BCUT2D eigenvalue weighted by Crippen LogP contribution is 2.46. The largest absolute Gasteiger partial charge is 0.389 e. The van der Waals surface area contributed by atoms with E-state index in [2.05, 4.69) is 51.1 Å². The number of nitrogens with zero attached hydrogens (tertiary/aromatic N) is 3. The quantitative estimate of drug-likeness (QED) is 0.191. The Balaban J connectivity index is 0.000000129. The molecule has 6 aliphatic rings. The van der Waals surface area contributed by atoms with Gasteiger partial charge in [-0.2, -0.15) is 0 Å². The zero-order valence-electron chi connectivity index (χ0n) is 34.1. The van der Waals surface area contributed by atoms with Gasteiger partial charge in [0.05, 0.1) is 16.8 Å². The van der Waals surface area contributed by atoms with Gasteiger partial charge in [-0.15, -0.1) is 0 Å². The second-order valence-electron chi connectivity index (χ2n) is 18.3. The molecule has 7 heteroatoms. The molecule has 6 atom stereocenters. The molecule has 306 valence electrons. The monoisotopic (exact) mass is 784 g/mol. The van der Waals surface area contributed by atoms with Crippen molar-refractivity contribution >= 4 is 11.6 Å². The maximum atomic E-state index is 11.1. The van der Waals surface area contributed by atoms with E-state index in [1.807, 2.05) is 48.5 Å². The molecule has 0 bridgehead atoms. The molecule has 56 heavy (non-hydrogen) atoms. The first-order valence-electron chi connectivity index (χ1n) is 22.4. The summed E-state index contributed by atoms with van der Waals surface area (Å²) in [5.74, 6) is 1.25. The van der Waals surface area contributed by atoms with Gasteiger partial charge in [-0.25, -0.2) is 0 Å². The minimum atomic E-state index is -0.646. The van der Waals surface area contributed by atoms with Gasteiger partial charge in [0.25, 0.3) is 0 Å². The Kier molecular flexibility index (Phi) is 14.7. The molecule has 3 aromatic carbocycles. The number of hydrogen-bond donors (Lipinski definition) is 3. The summed E-state index contributed by atoms with van der Waals surface area (Å²) in [6.45, 7) is 10.5. The molecule has 0 spiro atoms. The average molecular weight is 785 g/mol. The molecule has 3 aromatic rings. The normalized spacial score (nSPS) is 32.3. The van der Waals surface area contributed by atoms with E-state index in [0.29, 0.717) is 17.8 Å². The first-order valence-corrected chi connectivity index (χ1v) is 22.8. The van der Waals surface area contributed by atoms with Gasteiger partial charge in [0.1, 0.15) is 0 Å². The maximum absolute atomic E-state index is 11.1. The second kappa shape index (κ2) is 19.6. The molecule has 3 N–H and O–H groups in total. The van der Waals surface area contributed by atoms with E-state index in [9.17, 15) is 15.3 Å². The van der Waals surface area contributed by atoms with Crippen molar-refractivity contribution in [3.8, 4) is 0 Å². The highest BCUT2D eigenvalue weighted by atomic mass is 35.5. The van der Waals surface area contributed by atoms with Crippen molar-refractivity contribution in [3.63, 3.8) is 0 Å². The fourth-order valence-electron chi connectivity index (χ4n) is 11.2. The summed E-state index contributed by atoms with van der Waals surface area (Å²) < 4.78 is 0. The molecule has 0 radical (unpaired) electrons. The van der Waals surface area contributed by atoms with Crippen molar-refractivity contribution in [2.75, 3.05) is 58.9 Å². The standard InChI is InChI=1S/C17H25NO.C16H22ClNO.C16H23NO/c19-17(13-15-7-2-1-3-8-15)10-6-9-16(17)14-18-11-4-5-12-18;17-15-7-5-13(6-8-15)16(19)9-3-4-14(16)12-18-10-1-2-11-18;18-16(14-7-2-1-3-8-14)10-6-9-15(16)13-17-11-4-5-12-17/h1-3,7-8,16,19H,4-6,9-14H2;5-8,14,19H,1-4,9-12H2;1-3,7-8,15,18H,4-6,9-13H2. The van der Waals surface area contributed by atoms with Gasteiger partial charge in [-0.05, 0) is 158 Å². The molecule has 3 saturated heterocycles. The summed E-state index contributed by atoms with van der Waals surface area (Å²) in [5.41, 5.74) is 1.74. The van der Waals surface area contributed by atoms with Gasteiger partial charge in [-0.3, -0.25) is 0 Å². The van der Waals surface area contributed by atoms with E-state index in [1.165, 1.54) is 103 Å². The van der Waals surface area contributed by atoms with Crippen LogP contribution in [0.3, 0.4) is 0 Å². The second-order valence-corrected chi connectivity index (χ2v) is 18.7. The molecule has 6 unspecified atom stereocenters. The molecule has 6 fully saturated rings. The van der Waals surface area contributed by atoms with Gasteiger partial charge in [-0.1, -0.05) is 90.8 Å². The van der Waals surface area contributed by atoms with E-state index in [4.69, 9.17) is 11.6 Å². The van der Waals surface area contributed by atoms with E-state index in [1.54, 1.807) is 0 Å². The lowest BCUT2D eigenvalue weighted by molar-refractivity contribution is -0.0137. The van der Waals surface area contributed by atoms with Crippen LogP contribution >= 0.6 is 11.6 Å². The SMILES string of the molecule is OC1(Cc2ccccc2)CCCC1CN1CCCC1.OC1(c2ccc(Cl)cc2)CCCC1CN1CCCC1.OC1(c2ccccc2)CCCC1CN1CCCC1. The Hall–Kier alpha value is -2.29. The molecule has 9 rings (SSSR count). The Morgan fingerprint density at radius 2 is 0.857 bits per heavy atom. The Morgan fingerprint density at radius 3 is 1.34 bits per heavy atom. The van der Waals surface area contributed by atoms with Crippen molar-refractivity contribution in [2.24, 2.45) is 17.8 Å². The van der Waals surface area contributed by atoms with Crippen LogP contribution in [0.2, 0.25) is 5.02 Å². The fourth-order valence-corrected chi connectivity index (χ4v) is 11.4. The third-order valence-electron chi connectivity index (χ3n) is 14.5. The third-order valence-corrected chi connectivity index (χ3v) is 14.7. The predicted molar refractivity (Wildman–Crippen MR) is 230 cm³/mol. The summed E-state index contributed by atoms with van der Waals surface area (Å²) in [6.07, 6.45) is 18.5. The van der Waals surface area contributed by atoms with E-state index >= 15 is 0 Å². The smallest absolute Gasteiger partial charge is 0.0936 e. The van der Waals surface area contributed by atoms with Crippen LogP contribution in [-0.2, 0) is 17.6 Å². The number of halogens is 1. The molecule has 6 nitrogen and oxygen atoms in total. The first-order chi connectivity index (χ1) is 27.2. The highest BCUT2D eigenvalue weighted by molar-refractivity contribution is 6.30. The summed E-state index contributed by atoms with van der Waals surface area (Å²) >= 11 is 5.95. The van der Waals surface area contributed by atoms with Crippen LogP contribution < -0.4 is 0 Å². The van der Waals surface area contributed by atoms with Crippen LogP contribution in [0.4, 0.5) is 0 Å². The van der Waals surface area contributed by atoms with Gasteiger partial charge >= 0.3 is 0 Å². The van der Waals surface area contributed by atoms with Crippen LogP contribution in [0.15, 0.2) is 84.9 Å². The van der Waals surface area contributed by atoms with Crippen LogP contribution in [0.5, 0.6) is 0 Å². The van der Waals surface area contributed by atoms with E-state index < -0.39 is 16.8 Å². The zero-order valence-corrected chi connectivity index (χ0v) is 34.8. The average Bonchev–Trinajstić information content (AvgIpc) is 4.08.